The van der Waals surface area contributed by atoms with Gasteiger partial charge in [-0.05, 0) is 25.2 Å². The van der Waals surface area contributed by atoms with E-state index in [1.165, 1.54) is 0 Å². The Morgan fingerprint density at radius 3 is 2.04 bits per heavy atom. The summed E-state index contributed by atoms with van der Waals surface area (Å²) in [6.45, 7) is 6.42. The molecular formula is C21H34O2. The van der Waals surface area contributed by atoms with E-state index in [9.17, 15) is 10.2 Å². The minimum Gasteiger partial charge on any atom is -0.390 e. The van der Waals surface area contributed by atoms with E-state index < -0.39 is 12.2 Å². The smallest absolute Gasteiger partial charge is 0.0982 e. The van der Waals surface area contributed by atoms with Crippen molar-refractivity contribution in [2.45, 2.75) is 65.1 Å². The van der Waals surface area contributed by atoms with Crippen molar-refractivity contribution in [3.63, 3.8) is 0 Å². The lowest BCUT2D eigenvalue weighted by atomic mass is 10.1. The van der Waals surface area contributed by atoms with Crippen LogP contribution in [0.15, 0.2) is 60.8 Å². The van der Waals surface area contributed by atoms with Gasteiger partial charge in [0.25, 0.3) is 0 Å². The van der Waals surface area contributed by atoms with Crippen molar-refractivity contribution in [2.24, 2.45) is 5.92 Å². The summed E-state index contributed by atoms with van der Waals surface area (Å²) < 4.78 is 0. The molecule has 0 spiro atoms. The average molecular weight is 319 g/mol. The number of hydrogen-bond donors (Lipinski definition) is 2. The normalized spacial score (nSPS) is 17.3. The Labute approximate surface area is 142 Å². The largest absolute Gasteiger partial charge is 0.390 e. The Kier molecular flexibility index (Phi) is 14.6. The van der Waals surface area contributed by atoms with E-state index in [2.05, 4.69) is 45.1 Å². The molecule has 0 aromatic carbocycles. The van der Waals surface area contributed by atoms with Crippen LogP contribution in [-0.2, 0) is 0 Å². The summed E-state index contributed by atoms with van der Waals surface area (Å²) in [5.74, 6) is 0.547. The zero-order valence-corrected chi connectivity index (χ0v) is 14.9. The molecule has 2 heteroatoms. The van der Waals surface area contributed by atoms with Crippen molar-refractivity contribution in [3.05, 3.63) is 60.8 Å². The van der Waals surface area contributed by atoms with Crippen LogP contribution in [-0.4, -0.2) is 22.4 Å². The predicted molar refractivity (Wildman–Crippen MR) is 101 cm³/mol. The molecule has 130 valence electrons. The molecule has 2 nitrogen and oxygen atoms in total. The first kappa shape index (κ1) is 21.6. The minimum absolute atomic E-state index is 0.547. The van der Waals surface area contributed by atoms with E-state index >= 15 is 0 Å². The third-order valence-corrected chi connectivity index (χ3v) is 3.46. The number of aliphatic hydroxyl groups excluding tert-OH is 2. The van der Waals surface area contributed by atoms with Crippen LogP contribution >= 0.6 is 0 Å². The summed E-state index contributed by atoms with van der Waals surface area (Å²) in [7, 11) is 0. The Hall–Kier alpha value is -1.38. The van der Waals surface area contributed by atoms with Crippen LogP contribution in [0.5, 0.6) is 0 Å². The van der Waals surface area contributed by atoms with Gasteiger partial charge in [0.1, 0.15) is 0 Å². The van der Waals surface area contributed by atoms with Crippen LogP contribution in [0, 0.1) is 5.92 Å². The van der Waals surface area contributed by atoms with Crippen LogP contribution in [0.4, 0.5) is 0 Å². The second-order valence-corrected chi connectivity index (χ2v) is 5.83. The zero-order valence-electron chi connectivity index (χ0n) is 14.9. The highest BCUT2D eigenvalue weighted by molar-refractivity contribution is 5.16. The second-order valence-electron chi connectivity index (χ2n) is 5.83. The highest BCUT2D eigenvalue weighted by atomic mass is 16.3. The maximum absolute atomic E-state index is 9.73. The lowest BCUT2D eigenvalue weighted by Crippen LogP contribution is -2.23. The van der Waals surface area contributed by atoms with Crippen molar-refractivity contribution in [3.8, 4) is 0 Å². The number of hydrogen-bond acceptors (Lipinski definition) is 2. The molecule has 0 rings (SSSR count). The average Bonchev–Trinajstić information content (AvgIpc) is 2.54. The maximum atomic E-state index is 9.73. The van der Waals surface area contributed by atoms with Crippen LogP contribution in [0.3, 0.4) is 0 Å². The van der Waals surface area contributed by atoms with Gasteiger partial charge in [-0.2, -0.15) is 0 Å². The SMILES string of the molecule is CCC=CCC(C)C=CC=CC=CC=CC(O)C(O)CCCC. The molecule has 0 radical (unpaired) electrons. The third kappa shape index (κ3) is 14.0. The molecule has 0 aliphatic carbocycles. The van der Waals surface area contributed by atoms with Crippen molar-refractivity contribution in [1.82, 2.24) is 0 Å². The lowest BCUT2D eigenvalue weighted by molar-refractivity contribution is 0.0418. The first-order valence-corrected chi connectivity index (χ1v) is 8.81. The summed E-state index contributed by atoms with van der Waals surface area (Å²) in [5, 5.41) is 19.4. The molecule has 0 fully saturated rings. The number of rotatable bonds is 12. The van der Waals surface area contributed by atoms with Gasteiger partial charge in [-0.25, -0.2) is 0 Å². The summed E-state index contributed by atoms with van der Waals surface area (Å²) in [6, 6.07) is 0. The van der Waals surface area contributed by atoms with E-state index in [1.54, 1.807) is 12.2 Å². The fraction of sp³-hybridized carbons (Fsp3) is 0.524. The monoisotopic (exact) mass is 318 g/mol. The van der Waals surface area contributed by atoms with Crippen molar-refractivity contribution in [2.75, 3.05) is 0 Å². The summed E-state index contributed by atoms with van der Waals surface area (Å²) in [4.78, 5) is 0. The van der Waals surface area contributed by atoms with Crippen molar-refractivity contribution >= 4 is 0 Å². The number of unbranched alkanes of at least 4 members (excludes halogenated alkanes) is 1. The molecule has 0 aliphatic rings. The Morgan fingerprint density at radius 2 is 1.43 bits per heavy atom. The number of allylic oxidation sites excluding steroid dienone is 9. The van der Waals surface area contributed by atoms with Crippen molar-refractivity contribution < 1.29 is 10.2 Å². The van der Waals surface area contributed by atoms with Crippen LogP contribution in [0.1, 0.15) is 52.9 Å². The van der Waals surface area contributed by atoms with Gasteiger partial charge in [0.05, 0.1) is 12.2 Å². The standard InChI is InChI=1S/C21H34O2/c1-4-6-12-15-19(3)16-13-10-8-9-11-14-18-21(23)20(22)17-7-5-2/h6,8-14,16,18-23H,4-5,7,15,17H2,1-3H3. The van der Waals surface area contributed by atoms with E-state index in [1.807, 2.05) is 24.3 Å². The molecule has 2 N–H and O–H groups in total. The Balaban J connectivity index is 3.99. The lowest BCUT2D eigenvalue weighted by Gasteiger charge is -2.13. The van der Waals surface area contributed by atoms with Gasteiger partial charge < -0.3 is 10.2 Å². The molecule has 0 aromatic rings. The van der Waals surface area contributed by atoms with Gasteiger partial charge in [0.15, 0.2) is 0 Å². The van der Waals surface area contributed by atoms with E-state index in [0.29, 0.717) is 12.3 Å². The molecule has 23 heavy (non-hydrogen) atoms. The quantitative estimate of drug-likeness (QED) is 0.387. The summed E-state index contributed by atoms with van der Waals surface area (Å²) in [5.41, 5.74) is 0. The molecule has 0 amide bonds. The fourth-order valence-corrected chi connectivity index (χ4v) is 1.96. The Bertz CT molecular complexity index is 402. The molecule has 0 saturated heterocycles. The third-order valence-electron chi connectivity index (χ3n) is 3.46. The first-order valence-electron chi connectivity index (χ1n) is 8.81. The van der Waals surface area contributed by atoms with Crippen molar-refractivity contribution in [1.29, 1.82) is 0 Å². The zero-order chi connectivity index (χ0) is 17.3. The Morgan fingerprint density at radius 1 is 0.826 bits per heavy atom. The molecule has 3 unspecified atom stereocenters. The number of aliphatic hydroxyl groups is 2. The molecular weight excluding hydrogens is 284 g/mol. The highest BCUT2D eigenvalue weighted by Crippen LogP contribution is 2.06. The van der Waals surface area contributed by atoms with Gasteiger partial charge in [0.2, 0.25) is 0 Å². The van der Waals surface area contributed by atoms with E-state index in [-0.39, 0.29) is 0 Å². The van der Waals surface area contributed by atoms with E-state index in [0.717, 1.165) is 25.7 Å². The molecule has 0 aromatic heterocycles. The van der Waals surface area contributed by atoms with Crippen LogP contribution < -0.4 is 0 Å². The topological polar surface area (TPSA) is 40.5 Å². The van der Waals surface area contributed by atoms with Gasteiger partial charge in [0, 0.05) is 0 Å². The molecule has 0 heterocycles. The highest BCUT2D eigenvalue weighted by Gasteiger charge is 2.11. The van der Waals surface area contributed by atoms with Gasteiger partial charge in [-0.15, -0.1) is 0 Å². The molecule has 0 bridgehead atoms. The maximum Gasteiger partial charge on any atom is 0.0982 e. The van der Waals surface area contributed by atoms with Crippen LogP contribution in [0.25, 0.3) is 0 Å². The molecule has 0 saturated carbocycles. The second kappa shape index (κ2) is 15.5. The minimum atomic E-state index is -0.785. The molecule has 0 aliphatic heterocycles. The summed E-state index contributed by atoms with van der Waals surface area (Å²) in [6.07, 6.45) is 23.1. The van der Waals surface area contributed by atoms with E-state index in [4.69, 9.17) is 0 Å². The summed E-state index contributed by atoms with van der Waals surface area (Å²) >= 11 is 0. The molecule has 3 atom stereocenters. The first-order chi connectivity index (χ1) is 11.1. The fourth-order valence-electron chi connectivity index (χ4n) is 1.96. The van der Waals surface area contributed by atoms with Gasteiger partial charge in [-0.3, -0.25) is 0 Å². The predicted octanol–water partition coefficient (Wildman–Crippen LogP) is 5.12. The van der Waals surface area contributed by atoms with Crippen LogP contribution in [0.2, 0.25) is 0 Å². The van der Waals surface area contributed by atoms with Gasteiger partial charge >= 0.3 is 0 Å². The van der Waals surface area contributed by atoms with Gasteiger partial charge in [-0.1, -0.05) is 94.4 Å².